The van der Waals surface area contributed by atoms with E-state index in [4.69, 9.17) is 9.84 Å². The molecule has 0 radical (unpaired) electrons. The molecule has 0 aromatic heterocycles. The van der Waals surface area contributed by atoms with Gasteiger partial charge in [0.15, 0.2) is 24.7 Å². The Morgan fingerprint density at radius 3 is 2.17 bits per heavy atom. The molecule has 1 aromatic rings. The number of nitrogens with one attached hydrogen (secondary N) is 1. The van der Waals surface area contributed by atoms with E-state index in [2.05, 4.69) is 10.1 Å². The minimum atomic E-state index is -4.50. The first-order valence-corrected chi connectivity index (χ1v) is 7.03. The number of hydrogen-bond donors (Lipinski definition) is 2. The van der Waals surface area contributed by atoms with E-state index >= 15 is 0 Å². The number of amides is 1. The van der Waals surface area contributed by atoms with Crippen molar-refractivity contribution in [3.63, 3.8) is 0 Å². The highest BCUT2D eigenvalue weighted by molar-refractivity contribution is 5.84. The van der Waals surface area contributed by atoms with Crippen molar-refractivity contribution in [2.24, 2.45) is 5.92 Å². The highest BCUT2D eigenvalue weighted by atomic mass is 19.4. The van der Waals surface area contributed by atoms with Crippen LogP contribution in [0.2, 0.25) is 0 Å². The summed E-state index contributed by atoms with van der Waals surface area (Å²) in [5.41, 5.74) is 0. The summed E-state index contributed by atoms with van der Waals surface area (Å²) in [5, 5.41) is 11.3. The molecule has 2 N–H and O–H groups in total. The molecule has 0 aliphatic rings. The Balaban J connectivity index is 2.64. The van der Waals surface area contributed by atoms with Crippen LogP contribution in [0.1, 0.15) is 13.8 Å². The predicted molar refractivity (Wildman–Crippen MR) is 77.9 cm³/mol. The second-order valence-corrected chi connectivity index (χ2v) is 5.27. The molecule has 0 saturated heterocycles. The largest absolute Gasteiger partial charge is 0.480 e. The lowest BCUT2D eigenvalue weighted by molar-refractivity contribution is -0.153. The Hall–Kier alpha value is -2.45. The maximum absolute atomic E-state index is 12.2. The summed E-state index contributed by atoms with van der Waals surface area (Å²) in [5.74, 6) is -2.45. The molecule has 9 heteroatoms. The minimum Gasteiger partial charge on any atom is -0.480 e. The van der Waals surface area contributed by atoms with Crippen molar-refractivity contribution in [2.75, 3.05) is 13.2 Å². The molecule has 0 unspecified atom stereocenters. The third kappa shape index (κ3) is 6.76. The van der Waals surface area contributed by atoms with E-state index in [1.54, 1.807) is 13.8 Å². The molecule has 0 fully saturated rings. The number of carboxylic acids is 1. The van der Waals surface area contributed by atoms with Crippen LogP contribution in [-0.2, 0) is 9.59 Å². The maximum Gasteiger partial charge on any atom is 0.422 e. The number of hydrogen-bond acceptors (Lipinski definition) is 4. The first-order valence-electron chi connectivity index (χ1n) is 7.03. The van der Waals surface area contributed by atoms with Gasteiger partial charge in [-0.2, -0.15) is 13.2 Å². The Morgan fingerprint density at radius 1 is 1.17 bits per heavy atom. The average Bonchev–Trinajstić information content (AvgIpc) is 2.47. The van der Waals surface area contributed by atoms with Crippen LogP contribution >= 0.6 is 0 Å². The molecular formula is C15H18F3NO5. The Kier molecular flexibility index (Phi) is 6.87. The zero-order valence-electron chi connectivity index (χ0n) is 13.1. The van der Waals surface area contributed by atoms with E-state index in [1.165, 1.54) is 24.3 Å². The number of aliphatic carboxylic acids is 1. The minimum absolute atomic E-state index is 0.0479. The fourth-order valence-electron chi connectivity index (χ4n) is 1.72. The van der Waals surface area contributed by atoms with Gasteiger partial charge in [-0.1, -0.05) is 26.0 Å². The lowest BCUT2D eigenvalue weighted by Gasteiger charge is -2.18. The molecule has 1 atom stereocenters. The summed E-state index contributed by atoms with van der Waals surface area (Å²) in [6, 6.07) is 4.49. The second kappa shape index (κ2) is 8.42. The monoisotopic (exact) mass is 349 g/mol. The van der Waals surface area contributed by atoms with Crippen LogP contribution in [0.4, 0.5) is 13.2 Å². The van der Waals surface area contributed by atoms with Crippen molar-refractivity contribution in [1.29, 1.82) is 0 Å². The topological polar surface area (TPSA) is 84.9 Å². The van der Waals surface area contributed by atoms with Gasteiger partial charge < -0.3 is 19.9 Å². The molecule has 0 heterocycles. The fourth-order valence-corrected chi connectivity index (χ4v) is 1.72. The fraction of sp³-hybridized carbons (Fsp3) is 0.467. The summed E-state index contributed by atoms with van der Waals surface area (Å²) in [6.45, 7) is 1.21. The number of rotatable bonds is 8. The predicted octanol–water partition coefficient (Wildman–Crippen LogP) is 2.23. The Labute approximate surface area is 136 Å². The quantitative estimate of drug-likeness (QED) is 0.752. The average molecular weight is 349 g/mol. The smallest absolute Gasteiger partial charge is 0.422 e. The summed E-state index contributed by atoms with van der Waals surface area (Å²) in [4.78, 5) is 22.7. The van der Waals surface area contributed by atoms with Crippen molar-refractivity contribution in [3.05, 3.63) is 24.3 Å². The molecule has 0 spiro atoms. The lowest BCUT2D eigenvalue weighted by atomic mass is 10.1. The number of para-hydroxylation sites is 2. The molecule has 0 saturated carbocycles. The van der Waals surface area contributed by atoms with Crippen molar-refractivity contribution in [2.45, 2.75) is 26.1 Å². The maximum atomic E-state index is 12.2. The van der Waals surface area contributed by atoms with Crippen LogP contribution in [0.25, 0.3) is 0 Å². The number of carboxylic acid groups (broad SMARTS) is 1. The van der Waals surface area contributed by atoms with E-state index in [9.17, 15) is 22.8 Å². The molecule has 6 nitrogen and oxygen atoms in total. The molecule has 1 rings (SSSR count). The second-order valence-electron chi connectivity index (χ2n) is 5.27. The zero-order chi connectivity index (χ0) is 18.3. The highest BCUT2D eigenvalue weighted by Gasteiger charge is 2.29. The van der Waals surface area contributed by atoms with Crippen molar-refractivity contribution in [3.8, 4) is 11.5 Å². The normalized spacial score (nSPS) is 12.6. The van der Waals surface area contributed by atoms with E-state index < -0.39 is 37.3 Å². The molecule has 0 aliphatic heterocycles. The van der Waals surface area contributed by atoms with E-state index in [1.807, 2.05) is 0 Å². The summed E-state index contributed by atoms with van der Waals surface area (Å²) < 4.78 is 46.3. The van der Waals surface area contributed by atoms with Crippen LogP contribution in [0.5, 0.6) is 11.5 Å². The lowest BCUT2D eigenvalue weighted by Crippen LogP contribution is -2.46. The molecule has 24 heavy (non-hydrogen) atoms. The summed E-state index contributed by atoms with van der Waals surface area (Å²) in [7, 11) is 0. The van der Waals surface area contributed by atoms with Gasteiger partial charge in [-0.05, 0) is 18.1 Å². The number of carbonyl (C=O) groups excluding carboxylic acids is 1. The molecule has 134 valence electrons. The van der Waals surface area contributed by atoms with Gasteiger partial charge in [-0.3, -0.25) is 4.79 Å². The molecule has 1 aromatic carbocycles. The number of halogens is 3. The van der Waals surface area contributed by atoms with Gasteiger partial charge in [0.05, 0.1) is 0 Å². The first kappa shape index (κ1) is 19.6. The van der Waals surface area contributed by atoms with Gasteiger partial charge in [-0.15, -0.1) is 0 Å². The molecule has 0 aliphatic carbocycles. The van der Waals surface area contributed by atoms with Crippen LogP contribution in [-0.4, -0.2) is 42.4 Å². The van der Waals surface area contributed by atoms with Crippen LogP contribution < -0.4 is 14.8 Å². The number of benzene rings is 1. The summed E-state index contributed by atoms with van der Waals surface area (Å²) >= 11 is 0. The first-order chi connectivity index (χ1) is 11.1. The van der Waals surface area contributed by atoms with Gasteiger partial charge in [0.1, 0.15) is 6.04 Å². The third-order valence-electron chi connectivity index (χ3n) is 2.85. The Bertz CT molecular complexity index is 574. The standard InChI is InChI=1S/C15H18F3NO5/c1-9(2)13(14(21)22)19-12(20)7-23-10-5-3-4-6-11(10)24-8-15(16,17)18/h3-6,9,13H,7-8H2,1-2H3,(H,19,20)(H,21,22)/t13-/m1/s1. The highest BCUT2D eigenvalue weighted by Crippen LogP contribution is 2.28. The Morgan fingerprint density at radius 2 is 1.71 bits per heavy atom. The van der Waals surface area contributed by atoms with E-state index in [0.29, 0.717) is 0 Å². The number of carbonyl (C=O) groups is 2. The molecule has 0 bridgehead atoms. The zero-order valence-corrected chi connectivity index (χ0v) is 13.1. The molecular weight excluding hydrogens is 331 g/mol. The van der Waals surface area contributed by atoms with Crippen molar-refractivity contribution >= 4 is 11.9 Å². The van der Waals surface area contributed by atoms with Crippen molar-refractivity contribution < 1.29 is 37.3 Å². The SMILES string of the molecule is CC(C)[C@@H](NC(=O)COc1ccccc1OCC(F)(F)F)C(=O)O. The van der Waals surface area contributed by atoms with Crippen LogP contribution in [0, 0.1) is 5.92 Å². The van der Waals surface area contributed by atoms with Gasteiger partial charge in [0.2, 0.25) is 0 Å². The van der Waals surface area contributed by atoms with Gasteiger partial charge in [0.25, 0.3) is 5.91 Å². The van der Waals surface area contributed by atoms with Crippen LogP contribution in [0.15, 0.2) is 24.3 Å². The number of alkyl halides is 3. The third-order valence-corrected chi connectivity index (χ3v) is 2.85. The summed E-state index contributed by atoms with van der Waals surface area (Å²) in [6.07, 6.45) is -4.50. The van der Waals surface area contributed by atoms with Gasteiger partial charge >= 0.3 is 12.1 Å². The number of ether oxygens (including phenoxy) is 2. The van der Waals surface area contributed by atoms with Gasteiger partial charge in [0, 0.05) is 0 Å². The van der Waals surface area contributed by atoms with Gasteiger partial charge in [-0.25, -0.2) is 4.79 Å². The van der Waals surface area contributed by atoms with Crippen molar-refractivity contribution in [1.82, 2.24) is 5.32 Å². The molecule has 1 amide bonds. The van der Waals surface area contributed by atoms with E-state index in [-0.39, 0.29) is 17.4 Å². The van der Waals surface area contributed by atoms with Crippen LogP contribution in [0.3, 0.4) is 0 Å². The van der Waals surface area contributed by atoms with E-state index in [0.717, 1.165) is 0 Å².